The fraction of sp³-hybridized carbons (Fsp3) is 0.143. The quantitative estimate of drug-likeness (QED) is 0.902. The molecule has 0 saturated carbocycles. The van der Waals surface area contributed by atoms with Crippen molar-refractivity contribution in [3.05, 3.63) is 64.7 Å². The molecule has 1 atom stereocenters. The first-order chi connectivity index (χ1) is 8.20. The van der Waals surface area contributed by atoms with Gasteiger partial charge in [-0.25, -0.2) is 0 Å². The van der Waals surface area contributed by atoms with Crippen molar-refractivity contribution in [2.24, 2.45) is 5.73 Å². The van der Waals surface area contributed by atoms with E-state index in [1.807, 2.05) is 48.5 Å². The zero-order valence-corrected chi connectivity index (χ0v) is 10.3. The van der Waals surface area contributed by atoms with E-state index in [9.17, 15) is 0 Å². The van der Waals surface area contributed by atoms with Gasteiger partial charge in [-0.1, -0.05) is 35.9 Å². The van der Waals surface area contributed by atoms with Crippen molar-refractivity contribution < 1.29 is 4.74 Å². The number of rotatable bonds is 3. The van der Waals surface area contributed by atoms with Crippen LogP contribution in [0.5, 0.6) is 5.75 Å². The monoisotopic (exact) mass is 247 g/mol. The molecular formula is C14H14ClNO. The highest BCUT2D eigenvalue weighted by Gasteiger charge is 2.08. The van der Waals surface area contributed by atoms with Crippen LogP contribution in [0.1, 0.15) is 17.2 Å². The summed E-state index contributed by atoms with van der Waals surface area (Å²) in [5.74, 6) is 0.826. The Bertz CT molecular complexity index is 496. The molecule has 2 aromatic rings. The van der Waals surface area contributed by atoms with Gasteiger partial charge in [-0.3, -0.25) is 0 Å². The van der Waals surface area contributed by atoms with Crippen LogP contribution in [-0.4, -0.2) is 7.11 Å². The maximum absolute atomic E-state index is 6.18. The van der Waals surface area contributed by atoms with Crippen LogP contribution in [0.15, 0.2) is 48.5 Å². The van der Waals surface area contributed by atoms with Gasteiger partial charge in [0.1, 0.15) is 5.75 Å². The number of ether oxygens (including phenoxy) is 1. The van der Waals surface area contributed by atoms with Gasteiger partial charge in [0, 0.05) is 5.02 Å². The summed E-state index contributed by atoms with van der Waals surface area (Å²) in [6, 6.07) is 15.2. The molecule has 0 aliphatic carbocycles. The van der Waals surface area contributed by atoms with E-state index in [4.69, 9.17) is 22.1 Å². The number of benzene rings is 2. The highest BCUT2D eigenvalue weighted by molar-refractivity contribution is 6.30. The number of hydrogen-bond acceptors (Lipinski definition) is 2. The fourth-order valence-electron chi connectivity index (χ4n) is 1.70. The Balaban J connectivity index is 2.27. The molecule has 0 saturated heterocycles. The molecule has 0 fully saturated rings. The molecule has 0 aromatic heterocycles. The van der Waals surface area contributed by atoms with E-state index >= 15 is 0 Å². The first-order valence-electron chi connectivity index (χ1n) is 5.35. The van der Waals surface area contributed by atoms with Gasteiger partial charge < -0.3 is 10.5 Å². The lowest BCUT2D eigenvalue weighted by Crippen LogP contribution is -2.11. The molecule has 2 nitrogen and oxygen atoms in total. The lowest BCUT2D eigenvalue weighted by molar-refractivity contribution is 0.414. The summed E-state index contributed by atoms with van der Waals surface area (Å²) < 4.78 is 5.11. The lowest BCUT2D eigenvalue weighted by atomic mass is 10.00. The maximum atomic E-state index is 6.18. The van der Waals surface area contributed by atoms with Gasteiger partial charge in [-0.15, -0.1) is 0 Å². The first kappa shape index (κ1) is 12.0. The molecule has 0 heterocycles. The van der Waals surface area contributed by atoms with E-state index in [0.29, 0.717) is 5.02 Å². The SMILES string of the molecule is COc1ccc(C(N)c2cccc(Cl)c2)cc1. The Hall–Kier alpha value is -1.51. The lowest BCUT2D eigenvalue weighted by Gasteiger charge is -2.13. The van der Waals surface area contributed by atoms with Gasteiger partial charge >= 0.3 is 0 Å². The summed E-state index contributed by atoms with van der Waals surface area (Å²) in [6.45, 7) is 0. The molecule has 0 radical (unpaired) electrons. The van der Waals surface area contributed by atoms with Gasteiger partial charge in [-0.05, 0) is 35.4 Å². The zero-order valence-electron chi connectivity index (χ0n) is 9.56. The third-order valence-electron chi connectivity index (χ3n) is 2.68. The van der Waals surface area contributed by atoms with Crippen molar-refractivity contribution in [3.63, 3.8) is 0 Å². The minimum atomic E-state index is -0.167. The second-order valence-corrected chi connectivity index (χ2v) is 4.24. The molecule has 88 valence electrons. The average molecular weight is 248 g/mol. The summed E-state index contributed by atoms with van der Waals surface area (Å²) >= 11 is 5.95. The topological polar surface area (TPSA) is 35.2 Å². The molecule has 0 aliphatic heterocycles. The summed E-state index contributed by atoms with van der Waals surface area (Å²) in [6.07, 6.45) is 0. The summed E-state index contributed by atoms with van der Waals surface area (Å²) in [5, 5.41) is 0.700. The van der Waals surface area contributed by atoms with Crippen LogP contribution in [0, 0.1) is 0 Å². The van der Waals surface area contributed by atoms with Crippen LogP contribution < -0.4 is 10.5 Å². The van der Waals surface area contributed by atoms with E-state index in [0.717, 1.165) is 16.9 Å². The molecule has 2 aromatic carbocycles. The Kier molecular flexibility index (Phi) is 3.67. The minimum Gasteiger partial charge on any atom is -0.497 e. The Morgan fingerprint density at radius 1 is 1.06 bits per heavy atom. The molecule has 1 unspecified atom stereocenters. The molecule has 0 bridgehead atoms. The van der Waals surface area contributed by atoms with Crippen LogP contribution >= 0.6 is 11.6 Å². The second kappa shape index (κ2) is 5.21. The zero-order chi connectivity index (χ0) is 12.3. The average Bonchev–Trinajstić information content (AvgIpc) is 2.38. The van der Waals surface area contributed by atoms with Crippen molar-refractivity contribution in [2.75, 3.05) is 7.11 Å². The van der Waals surface area contributed by atoms with E-state index < -0.39 is 0 Å². The minimum absolute atomic E-state index is 0.167. The highest BCUT2D eigenvalue weighted by atomic mass is 35.5. The smallest absolute Gasteiger partial charge is 0.118 e. The van der Waals surface area contributed by atoms with Crippen LogP contribution in [-0.2, 0) is 0 Å². The van der Waals surface area contributed by atoms with Crippen LogP contribution in [0.4, 0.5) is 0 Å². The molecular weight excluding hydrogens is 234 g/mol. The van der Waals surface area contributed by atoms with Crippen molar-refractivity contribution in [3.8, 4) is 5.75 Å². The van der Waals surface area contributed by atoms with Gasteiger partial charge in [-0.2, -0.15) is 0 Å². The molecule has 0 aliphatic rings. The number of nitrogens with two attached hydrogens (primary N) is 1. The highest BCUT2D eigenvalue weighted by Crippen LogP contribution is 2.23. The molecule has 2 rings (SSSR count). The maximum Gasteiger partial charge on any atom is 0.118 e. The van der Waals surface area contributed by atoms with Gasteiger partial charge in [0.25, 0.3) is 0 Å². The van der Waals surface area contributed by atoms with Crippen molar-refractivity contribution in [1.29, 1.82) is 0 Å². The van der Waals surface area contributed by atoms with E-state index in [1.165, 1.54) is 0 Å². The molecule has 0 spiro atoms. The van der Waals surface area contributed by atoms with E-state index in [1.54, 1.807) is 7.11 Å². The van der Waals surface area contributed by atoms with Crippen LogP contribution in [0.3, 0.4) is 0 Å². The number of methoxy groups -OCH3 is 1. The van der Waals surface area contributed by atoms with Crippen molar-refractivity contribution in [2.45, 2.75) is 6.04 Å². The molecule has 17 heavy (non-hydrogen) atoms. The fourth-order valence-corrected chi connectivity index (χ4v) is 1.90. The van der Waals surface area contributed by atoms with Gasteiger partial charge in [0.2, 0.25) is 0 Å². The van der Waals surface area contributed by atoms with Crippen molar-refractivity contribution >= 4 is 11.6 Å². The largest absolute Gasteiger partial charge is 0.497 e. The third-order valence-corrected chi connectivity index (χ3v) is 2.92. The molecule has 0 amide bonds. The molecule has 2 N–H and O–H groups in total. The van der Waals surface area contributed by atoms with Gasteiger partial charge in [0.05, 0.1) is 13.2 Å². The van der Waals surface area contributed by atoms with Crippen LogP contribution in [0.25, 0.3) is 0 Å². The Morgan fingerprint density at radius 2 is 1.76 bits per heavy atom. The Morgan fingerprint density at radius 3 is 2.35 bits per heavy atom. The van der Waals surface area contributed by atoms with E-state index in [2.05, 4.69) is 0 Å². The number of halogens is 1. The second-order valence-electron chi connectivity index (χ2n) is 3.81. The third kappa shape index (κ3) is 2.78. The van der Waals surface area contributed by atoms with Crippen molar-refractivity contribution in [1.82, 2.24) is 0 Å². The predicted molar refractivity (Wildman–Crippen MR) is 70.5 cm³/mol. The standard InChI is InChI=1S/C14H14ClNO/c1-17-13-7-5-10(6-8-13)14(16)11-3-2-4-12(15)9-11/h2-9,14H,16H2,1H3. The summed E-state index contributed by atoms with van der Waals surface area (Å²) in [7, 11) is 1.64. The summed E-state index contributed by atoms with van der Waals surface area (Å²) in [4.78, 5) is 0. The molecule has 3 heteroatoms. The predicted octanol–water partition coefficient (Wildman–Crippen LogP) is 3.40. The number of hydrogen-bond donors (Lipinski definition) is 1. The van der Waals surface area contributed by atoms with E-state index in [-0.39, 0.29) is 6.04 Å². The first-order valence-corrected chi connectivity index (χ1v) is 5.73. The van der Waals surface area contributed by atoms with Gasteiger partial charge in [0.15, 0.2) is 0 Å². The summed E-state index contributed by atoms with van der Waals surface area (Å²) in [5.41, 5.74) is 8.21. The Labute approximate surface area is 106 Å². The van der Waals surface area contributed by atoms with Crippen LogP contribution in [0.2, 0.25) is 5.02 Å². The normalized spacial score (nSPS) is 12.2.